The van der Waals surface area contributed by atoms with E-state index < -0.39 is 0 Å². The Kier molecular flexibility index (Phi) is 2.19. The second kappa shape index (κ2) is 3.51. The molecule has 0 radical (unpaired) electrons. The molecule has 0 aliphatic carbocycles. The Hall–Kier alpha value is -1.82. The molecule has 1 aliphatic rings. The summed E-state index contributed by atoms with van der Waals surface area (Å²) in [6.07, 6.45) is 8.40. The second-order valence-corrected chi connectivity index (χ2v) is 3.19. The smallest absolute Gasteiger partial charge is 0.227 e. The minimum atomic E-state index is 0.167. The first-order valence-corrected chi connectivity index (χ1v) is 4.54. The number of rotatable bonds is 1. The van der Waals surface area contributed by atoms with Gasteiger partial charge in [-0.3, -0.25) is 4.79 Å². The molecule has 1 amide bonds. The van der Waals surface area contributed by atoms with E-state index in [1.807, 2.05) is 6.07 Å². The topological polar surface area (TPSA) is 33.2 Å². The molecule has 0 atom stereocenters. The molecule has 3 heteroatoms. The lowest BCUT2D eigenvalue weighted by Gasteiger charge is -2.14. The number of hydrogen-bond donors (Lipinski definition) is 0. The Bertz CT molecular complexity index is 389. The fourth-order valence-electron chi connectivity index (χ4n) is 1.55. The van der Waals surface area contributed by atoms with E-state index in [9.17, 15) is 4.79 Å². The molecule has 14 heavy (non-hydrogen) atoms. The summed E-state index contributed by atoms with van der Waals surface area (Å²) in [5.41, 5.74) is 1.44. The van der Waals surface area contributed by atoms with Crippen LogP contribution in [-0.2, 0) is 4.79 Å². The van der Waals surface area contributed by atoms with Gasteiger partial charge < -0.3 is 4.90 Å². The molecule has 0 N–H and O–H groups in total. The molecule has 0 saturated carbocycles. The highest BCUT2D eigenvalue weighted by Gasteiger charge is 2.21. The Labute approximate surface area is 82.8 Å². The van der Waals surface area contributed by atoms with Gasteiger partial charge in [0.05, 0.1) is 11.9 Å². The van der Waals surface area contributed by atoms with Crippen molar-refractivity contribution < 1.29 is 4.79 Å². The molecule has 1 aromatic heterocycles. The summed E-state index contributed by atoms with van der Waals surface area (Å²) in [6.45, 7) is 0.788. The van der Waals surface area contributed by atoms with Gasteiger partial charge in [-0.15, -0.1) is 6.42 Å². The molecule has 2 heterocycles. The van der Waals surface area contributed by atoms with Crippen LogP contribution >= 0.6 is 0 Å². The van der Waals surface area contributed by atoms with E-state index in [0.717, 1.165) is 18.7 Å². The van der Waals surface area contributed by atoms with Gasteiger partial charge in [0.15, 0.2) is 0 Å². The van der Waals surface area contributed by atoms with Gasteiger partial charge in [-0.05, 0) is 18.6 Å². The van der Waals surface area contributed by atoms with Crippen molar-refractivity contribution in [2.24, 2.45) is 0 Å². The van der Waals surface area contributed by atoms with Crippen LogP contribution in [0.5, 0.6) is 0 Å². The molecular formula is C11H10N2O. The Balaban J connectivity index is 2.25. The zero-order chi connectivity index (χ0) is 9.97. The summed E-state index contributed by atoms with van der Waals surface area (Å²) >= 11 is 0. The first-order valence-electron chi connectivity index (χ1n) is 4.54. The number of amides is 1. The number of aromatic nitrogens is 1. The number of pyridine rings is 1. The van der Waals surface area contributed by atoms with Crippen LogP contribution in [0.3, 0.4) is 0 Å². The lowest BCUT2D eigenvalue weighted by molar-refractivity contribution is -0.117. The SMILES string of the molecule is C#Cc1ccc(N2CCCC2=O)cn1. The minimum Gasteiger partial charge on any atom is -0.311 e. The molecular weight excluding hydrogens is 176 g/mol. The Morgan fingerprint density at radius 2 is 2.36 bits per heavy atom. The number of nitrogens with zero attached hydrogens (tertiary/aromatic N) is 2. The number of anilines is 1. The fraction of sp³-hybridized carbons (Fsp3) is 0.273. The Morgan fingerprint density at radius 1 is 1.50 bits per heavy atom. The van der Waals surface area contributed by atoms with Crippen molar-refractivity contribution in [3.05, 3.63) is 24.0 Å². The molecule has 0 aromatic carbocycles. The lowest BCUT2D eigenvalue weighted by Crippen LogP contribution is -2.23. The van der Waals surface area contributed by atoms with Crippen LogP contribution in [0.1, 0.15) is 18.5 Å². The molecule has 1 saturated heterocycles. The quantitative estimate of drug-likeness (QED) is 0.617. The van der Waals surface area contributed by atoms with Crippen molar-refractivity contribution in [3.63, 3.8) is 0 Å². The standard InChI is InChI=1S/C11H10N2O/c1-2-9-5-6-10(8-12-9)13-7-3-4-11(13)14/h1,5-6,8H,3-4,7H2. The van der Waals surface area contributed by atoms with Crippen molar-refractivity contribution >= 4 is 11.6 Å². The fourth-order valence-corrected chi connectivity index (χ4v) is 1.55. The zero-order valence-corrected chi connectivity index (χ0v) is 7.73. The number of carbonyl (C=O) groups excluding carboxylic acids is 1. The van der Waals surface area contributed by atoms with Crippen molar-refractivity contribution in [1.82, 2.24) is 4.98 Å². The third-order valence-electron chi connectivity index (χ3n) is 2.28. The third-order valence-corrected chi connectivity index (χ3v) is 2.28. The highest BCUT2D eigenvalue weighted by molar-refractivity contribution is 5.95. The Morgan fingerprint density at radius 3 is 2.86 bits per heavy atom. The molecule has 1 aliphatic heterocycles. The molecule has 0 spiro atoms. The lowest BCUT2D eigenvalue weighted by atomic mass is 10.3. The van der Waals surface area contributed by atoms with Crippen molar-refractivity contribution in [2.75, 3.05) is 11.4 Å². The molecule has 2 rings (SSSR count). The van der Waals surface area contributed by atoms with Crippen LogP contribution in [-0.4, -0.2) is 17.4 Å². The number of carbonyl (C=O) groups is 1. The highest BCUT2D eigenvalue weighted by atomic mass is 16.2. The average Bonchev–Trinajstić information content (AvgIpc) is 2.65. The van der Waals surface area contributed by atoms with E-state index in [0.29, 0.717) is 12.1 Å². The van der Waals surface area contributed by atoms with Crippen LogP contribution in [0.25, 0.3) is 0 Å². The third kappa shape index (κ3) is 1.47. The van der Waals surface area contributed by atoms with E-state index in [-0.39, 0.29) is 5.91 Å². The van der Waals surface area contributed by atoms with Crippen molar-refractivity contribution in [3.8, 4) is 12.3 Å². The van der Waals surface area contributed by atoms with Gasteiger partial charge in [0, 0.05) is 13.0 Å². The van der Waals surface area contributed by atoms with Gasteiger partial charge in [-0.25, -0.2) is 4.98 Å². The summed E-state index contributed by atoms with van der Waals surface area (Å²) in [5.74, 6) is 2.61. The summed E-state index contributed by atoms with van der Waals surface area (Å²) in [7, 11) is 0. The van der Waals surface area contributed by atoms with Crippen LogP contribution in [0.2, 0.25) is 0 Å². The molecule has 0 bridgehead atoms. The highest BCUT2D eigenvalue weighted by Crippen LogP contribution is 2.19. The molecule has 0 unspecified atom stereocenters. The van der Waals surface area contributed by atoms with Crippen molar-refractivity contribution in [2.45, 2.75) is 12.8 Å². The van der Waals surface area contributed by atoms with Gasteiger partial charge in [-0.1, -0.05) is 5.92 Å². The average molecular weight is 186 g/mol. The van der Waals surface area contributed by atoms with Crippen molar-refractivity contribution in [1.29, 1.82) is 0 Å². The van der Waals surface area contributed by atoms with E-state index in [4.69, 9.17) is 6.42 Å². The number of terminal acetylenes is 1. The predicted molar refractivity (Wildman–Crippen MR) is 53.8 cm³/mol. The summed E-state index contributed by atoms with van der Waals surface area (Å²) < 4.78 is 0. The minimum absolute atomic E-state index is 0.167. The van der Waals surface area contributed by atoms with Gasteiger partial charge in [-0.2, -0.15) is 0 Å². The monoisotopic (exact) mass is 186 g/mol. The largest absolute Gasteiger partial charge is 0.311 e. The second-order valence-electron chi connectivity index (χ2n) is 3.19. The molecule has 3 nitrogen and oxygen atoms in total. The molecule has 1 aromatic rings. The van der Waals surface area contributed by atoms with E-state index in [1.165, 1.54) is 0 Å². The first kappa shape index (κ1) is 8.76. The molecule has 1 fully saturated rings. The van der Waals surface area contributed by atoms with E-state index in [1.54, 1.807) is 17.2 Å². The summed E-state index contributed by atoms with van der Waals surface area (Å²) in [4.78, 5) is 17.2. The maximum atomic E-state index is 11.4. The van der Waals surface area contributed by atoms with E-state index in [2.05, 4.69) is 10.9 Å². The first-order chi connectivity index (χ1) is 6.81. The predicted octanol–water partition coefficient (Wildman–Crippen LogP) is 1.19. The maximum Gasteiger partial charge on any atom is 0.227 e. The van der Waals surface area contributed by atoms with Gasteiger partial charge >= 0.3 is 0 Å². The van der Waals surface area contributed by atoms with Crippen LogP contribution < -0.4 is 4.90 Å². The van der Waals surface area contributed by atoms with Gasteiger partial charge in [0.1, 0.15) is 5.69 Å². The van der Waals surface area contributed by atoms with Crippen LogP contribution in [0.4, 0.5) is 5.69 Å². The number of hydrogen-bond acceptors (Lipinski definition) is 2. The van der Waals surface area contributed by atoms with Crippen LogP contribution in [0, 0.1) is 12.3 Å². The molecule has 70 valence electrons. The zero-order valence-electron chi connectivity index (χ0n) is 7.73. The van der Waals surface area contributed by atoms with E-state index >= 15 is 0 Å². The van der Waals surface area contributed by atoms with Gasteiger partial charge in [0.25, 0.3) is 0 Å². The van der Waals surface area contributed by atoms with Gasteiger partial charge in [0.2, 0.25) is 5.91 Å². The summed E-state index contributed by atoms with van der Waals surface area (Å²) in [5, 5.41) is 0. The van der Waals surface area contributed by atoms with Crippen LogP contribution in [0.15, 0.2) is 18.3 Å². The summed E-state index contributed by atoms with van der Waals surface area (Å²) in [6, 6.07) is 3.59. The normalized spacial score (nSPS) is 15.6. The maximum absolute atomic E-state index is 11.4.